The van der Waals surface area contributed by atoms with Crippen LogP contribution in [0.1, 0.15) is 27.9 Å². The van der Waals surface area contributed by atoms with Gasteiger partial charge in [0, 0.05) is 23.8 Å². The van der Waals surface area contributed by atoms with Gasteiger partial charge in [-0.15, -0.1) is 0 Å². The van der Waals surface area contributed by atoms with Crippen LogP contribution < -0.4 is 4.74 Å². The van der Waals surface area contributed by atoms with E-state index >= 15 is 0 Å². The molecule has 4 nitrogen and oxygen atoms in total. The predicted molar refractivity (Wildman–Crippen MR) is 96.6 cm³/mol. The van der Waals surface area contributed by atoms with E-state index in [4.69, 9.17) is 4.74 Å². The highest BCUT2D eigenvalue weighted by molar-refractivity contribution is 6.13. The van der Waals surface area contributed by atoms with Gasteiger partial charge >= 0.3 is 0 Å². The fourth-order valence-electron chi connectivity index (χ4n) is 3.01. The Morgan fingerprint density at radius 3 is 2.88 bits per heavy atom. The number of ketones is 1. The molecule has 1 aromatic heterocycles. The molecule has 0 amide bonds. The SMILES string of the molecule is O=C1C(=Cc2cnn(Cc3ccccc3)c2)CCOc2ccc(F)cc21. The number of carbonyl (C=O) groups excluding carboxylic acids is 1. The molecule has 1 aliphatic heterocycles. The molecule has 0 radical (unpaired) electrons. The van der Waals surface area contributed by atoms with Gasteiger partial charge in [0.1, 0.15) is 11.6 Å². The zero-order valence-corrected chi connectivity index (χ0v) is 14.1. The summed E-state index contributed by atoms with van der Waals surface area (Å²) in [5, 5.41) is 4.35. The average Bonchev–Trinajstić information content (AvgIpc) is 3.02. The molecule has 0 saturated heterocycles. The zero-order valence-electron chi connectivity index (χ0n) is 14.1. The molecule has 2 heterocycles. The summed E-state index contributed by atoms with van der Waals surface area (Å²) in [6.45, 7) is 1.05. The number of rotatable bonds is 3. The monoisotopic (exact) mass is 348 g/mol. The largest absolute Gasteiger partial charge is 0.492 e. The first kappa shape index (κ1) is 16.3. The zero-order chi connectivity index (χ0) is 17.9. The molecule has 0 bridgehead atoms. The number of benzene rings is 2. The minimum Gasteiger partial charge on any atom is -0.492 e. The van der Waals surface area contributed by atoms with Gasteiger partial charge < -0.3 is 4.74 Å². The Balaban J connectivity index is 1.59. The second kappa shape index (κ2) is 6.96. The number of hydrogen-bond donors (Lipinski definition) is 0. The molecular formula is C21H17FN2O2. The van der Waals surface area contributed by atoms with Crippen LogP contribution in [0.4, 0.5) is 4.39 Å². The summed E-state index contributed by atoms with van der Waals surface area (Å²) in [7, 11) is 0. The Labute approximate surface area is 150 Å². The Morgan fingerprint density at radius 2 is 2.04 bits per heavy atom. The summed E-state index contributed by atoms with van der Waals surface area (Å²) in [5.74, 6) is -0.218. The van der Waals surface area contributed by atoms with Crippen LogP contribution in [0.25, 0.3) is 6.08 Å². The summed E-state index contributed by atoms with van der Waals surface area (Å²) in [4.78, 5) is 12.7. The molecule has 0 fully saturated rings. The van der Waals surface area contributed by atoms with Gasteiger partial charge in [-0.1, -0.05) is 30.3 Å². The molecule has 130 valence electrons. The highest BCUT2D eigenvalue weighted by Gasteiger charge is 2.22. The first-order chi connectivity index (χ1) is 12.7. The molecule has 0 saturated carbocycles. The smallest absolute Gasteiger partial charge is 0.192 e. The van der Waals surface area contributed by atoms with Crippen LogP contribution in [0.5, 0.6) is 5.75 Å². The summed E-state index contributed by atoms with van der Waals surface area (Å²) >= 11 is 0. The van der Waals surface area contributed by atoms with Crippen molar-refractivity contribution in [2.75, 3.05) is 6.61 Å². The fourth-order valence-corrected chi connectivity index (χ4v) is 3.01. The van der Waals surface area contributed by atoms with Crippen molar-refractivity contribution in [3.05, 3.63) is 89.0 Å². The molecule has 2 aromatic carbocycles. The Morgan fingerprint density at radius 1 is 1.19 bits per heavy atom. The van der Waals surface area contributed by atoms with Crippen molar-refractivity contribution in [2.24, 2.45) is 0 Å². The van der Waals surface area contributed by atoms with E-state index in [1.807, 2.05) is 41.2 Å². The van der Waals surface area contributed by atoms with Crippen molar-refractivity contribution in [1.29, 1.82) is 0 Å². The molecule has 0 unspecified atom stereocenters. The minimum absolute atomic E-state index is 0.201. The van der Waals surface area contributed by atoms with Crippen LogP contribution in [0.15, 0.2) is 66.5 Å². The highest BCUT2D eigenvalue weighted by Crippen LogP contribution is 2.28. The van der Waals surface area contributed by atoms with Gasteiger partial charge in [0.15, 0.2) is 5.78 Å². The maximum Gasteiger partial charge on any atom is 0.192 e. The molecule has 5 heteroatoms. The van der Waals surface area contributed by atoms with E-state index in [0.29, 0.717) is 30.9 Å². The molecular weight excluding hydrogens is 331 g/mol. The summed E-state index contributed by atoms with van der Waals surface area (Å²) < 4.78 is 20.9. The fraction of sp³-hybridized carbons (Fsp3) is 0.143. The lowest BCUT2D eigenvalue weighted by Crippen LogP contribution is -2.02. The number of Topliss-reactive ketones (excluding diaryl/α,β-unsaturated/α-hetero) is 1. The van der Waals surface area contributed by atoms with E-state index < -0.39 is 5.82 Å². The van der Waals surface area contributed by atoms with Gasteiger partial charge in [-0.05, 0) is 29.8 Å². The Hall–Kier alpha value is -3.21. The van der Waals surface area contributed by atoms with E-state index in [2.05, 4.69) is 5.10 Å². The number of ether oxygens (including phenoxy) is 1. The van der Waals surface area contributed by atoms with Crippen LogP contribution in [0.2, 0.25) is 0 Å². The lowest BCUT2D eigenvalue weighted by molar-refractivity contribution is 0.103. The lowest BCUT2D eigenvalue weighted by Gasteiger charge is -2.04. The van der Waals surface area contributed by atoms with Crippen LogP contribution >= 0.6 is 0 Å². The van der Waals surface area contributed by atoms with E-state index in [9.17, 15) is 9.18 Å². The van der Waals surface area contributed by atoms with Crippen LogP contribution in [0.3, 0.4) is 0 Å². The highest BCUT2D eigenvalue weighted by atomic mass is 19.1. The van der Waals surface area contributed by atoms with E-state index in [-0.39, 0.29) is 11.3 Å². The van der Waals surface area contributed by atoms with Crippen molar-refractivity contribution in [3.8, 4) is 5.75 Å². The standard InChI is InChI=1S/C21H17FN2O2/c22-18-6-7-20-19(11-18)21(25)17(8-9-26-20)10-16-12-23-24(14-16)13-15-4-2-1-3-5-15/h1-7,10-12,14H,8-9,13H2. The third-order valence-electron chi connectivity index (χ3n) is 4.29. The minimum atomic E-state index is -0.447. The number of hydrogen-bond acceptors (Lipinski definition) is 3. The second-order valence-electron chi connectivity index (χ2n) is 6.19. The van der Waals surface area contributed by atoms with Gasteiger partial charge in [-0.2, -0.15) is 5.10 Å². The normalized spacial score (nSPS) is 15.4. The average molecular weight is 348 g/mol. The topological polar surface area (TPSA) is 44.1 Å². The van der Waals surface area contributed by atoms with Gasteiger partial charge in [0.2, 0.25) is 0 Å². The molecule has 0 atom stereocenters. The predicted octanol–water partition coefficient (Wildman–Crippen LogP) is 4.12. The first-order valence-electron chi connectivity index (χ1n) is 8.43. The summed E-state index contributed by atoms with van der Waals surface area (Å²) in [5.41, 5.74) is 2.85. The maximum absolute atomic E-state index is 13.5. The van der Waals surface area contributed by atoms with Crippen molar-refractivity contribution in [1.82, 2.24) is 9.78 Å². The number of halogens is 1. The number of fused-ring (bicyclic) bond motifs is 1. The molecule has 0 spiro atoms. The lowest BCUT2D eigenvalue weighted by atomic mass is 10.00. The van der Waals surface area contributed by atoms with E-state index in [1.54, 1.807) is 12.3 Å². The first-order valence-corrected chi connectivity index (χ1v) is 8.43. The number of nitrogens with zero attached hydrogens (tertiary/aromatic N) is 2. The number of aromatic nitrogens is 2. The molecule has 0 aliphatic carbocycles. The van der Waals surface area contributed by atoms with Gasteiger partial charge in [0.25, 0.3) is 0 Å². The third kappa shape index (κ3) is 3.42. The van der Waals surface area contributed by atoms with E-state index in [1.165, 1.54) is 18.2 Å². The van der Waals surface area contributed by atoms with Crippen molar-refractivity contribution >= 4 is 11.9 Å². The van der Waals surface area contributed by atoms with Gasteiger partial charge in [-0.3, -0.25) is 9.48 Å². The number of carbonyl (C=O) groups is 1. The molecule has 3 aromatic rings. The third-order valence-corrected chi connectivity index (χ3v) is 4.29. The summed E-state index contributed by atoms with van der Waals surface area (Å²) in [6.07, 6.45) is 5.90. The Kier molecular flexibility index (Phi) is 4.35. The van der Waals surface area contributed by atoms with Gasteiger partial charge in [0.05, 0.1) is 24.9 Å². The summed E-state index contributed by atoms with van der Waals surface area (Å²) in [6, 6.07) is 14.1. The van der Waals surface area contributed by atoms with Gasteiger partial charge in [-0.25, -0.2) is 4.39 Å². The van der Waals surface area contributed by atoms with Crippen molar-refractivity contribution in [2.45, 2.75) is 13.0 Å². The molecule has 4 rings (SSSR count). The molecule has 26 heavy (non-hydrogen) atoms. The van der Waals surface area contributed by atoms with E-state index in [0.717, 1.165) is 11.1 Å². The molecule has 0 N–H and O–H groups in total. The van der Waals surface area contributed by atoms with Crippen molar-refractivity contribution in [3.63, 3.8) is 0 Å². The second-order valence-corrected chi connectivity index (χ2v) is 6.19. The van der Waals surface area contributed by atoms with Crippen molar-refractivity contribution < 1.29 is 13.9 Å². The Bertz CT molecular complexity index is 977. The maximum atomic E-state index is 13.5. The molecule has 1 aliphatic rings. The van der Waals surface area contributed by atoms with Crippen LogP contribution in [-0.2, 0) is 6.54 Å². The van der Waals surface area contributed by atoms with Crippen LogP contribution in [-0.4, -0.2) is 22.2 Å². The van der Waals surface area contributed by atoms with Crippen LogP contribution in [0, 0.1) is 5.82 Å². The quantitative estimate of drug-likeness (QED) is 0.669.